The monoisotopic (exact) mass is 244 g/mol. The van der Waals surface area contributed by atoms with Gasteiger partial charge >= 0.3 is 0 Å². The maximum Gasteiger partial charge on any atom is 0.255 e. The quantitative estimate of drug-likeness (QED) is 0.847. The van der Waals surface area contributed by atoms with Crippen LogP contribution in [-0.4, -0.2) is 27.4 Å². The van der Waals surface area contributed by atoms with Crippen LogP contribution in [0.15, 0.2) is 16.9 Å². The number of carbonyl (C=O) groups excluding carboxylic acids is 1. The summed E-state index contributed by atoms with van der Waals surface area (Å²) in [7, 11) is 0. The van der Waals surface area contributed by atoms with Crippen LogP contribution in [-0.2, 0) is 0 Å². The van der Waals surface area contributed by atoms with Crippen LogP contribution < -0.4 is 0 Å². The van der Waals surface area contributed by atoms with Crippen molar-refractivity contribution in [1.29, 1.82) is 0 Å². The minimum Gasteiger partial charge on any atom is -0.395 e. The van der Waals surface area contributed by atoms with Crippen LogP contribution in [0.2, 0.25) is 0 Å². The maximum absolute atomic E-state index is 11.7. The average Bonchev–Trinajstić information content (AvgIpc) is 2.82. The highest BCUT2D eigenvalue weighted by atomic mass is 79.9. The Morgan fingerprint density at radius 1 is 1.77 bits per heavy atom. The molecule has 1 saturated carbocycles. The highest BCUT2D eigenvalue weighted by molar-refractivity contribution is 9.10. The Balaban J connectivity index is 2.23. The molecule has 0 spiro atoms. The fourth-order valence-corrected chi connectivity index (χ4v) is 1.53. The standard InChI is InChI=1S/C8H9BrN2O2/c9-6-3-10-11(4-6)7(13)8(5-12)1-2-8/h3-4,12H,1-2,5H2. The van der Waals surface area contributed by atoms with Gasteiger partial charge < -0.3 is 5.11 Å². The van der Waals surface area contributed by atoms with Gasteiger partial charge in [-0.15, -0.1) is 0 Å². The maximum atomic E-state index is 11.7. The number of hydrogen-bond donors (Lipinski definition) is 1. The van der Waals surface area contributed by atoms with E-state index < -0.39 is 5.41 Å². The molecule has 1 heterocycles. The van der Waals surface area contributed by atoms with Crippen molar-refractivity contribution in [3.05, 3.63) is 16.9 Å². The lowest BCUT2D eigenvalue weighted by Crippen LogP contribution is -2.26. The summed E-state index contributed by atoms with van der Waals surface area (Å²) in [4.78, 5) is 11.7. The zero-order valence-electron chi connectivity index (χ0n) is 6.90. The van der Waals surface area contributed by atoms with Crippen molar-refractivity contribution in [3.63, 3.8) is 0 Å². The van der Waals surface area contributed by atoms with Gasteiger partial charge in [0.1, 0.15) is 0 Å². The summed E-state index contributed by atoms with van der Waals surface area (Å²) in [5, 5.41) is 12.9. The van der Waals surface area contributed by atoms with Crippen LogP contribution in [0.3, 0.4) is 0 Å². The minimum atomic E-state index is -0.536. The van der Waals surface area contributed by atoms with Gasteiger partial charge in [0.15, 0.2) is 0 Å². The molecule has 2 rings (SSSR count). The molecule has 1 aromatic rings. The number of aliphatic hydroxyl groups is 1. The van der Waals surface area contributed by atoms with E-state index in [0.29, 0.717) is 0 Å². The van der Waals surface area contributed by atoms with Crippen LogP contribution >= 0.6 is 15.9 Å². The van der Waals surface area contributed by atoms with Crippen LogP contribution in [0.25, 0.3) is 0 Å². The van der Waals surface area contributed by atoms with Crippen molar-refractivity contribution >= 4 is 21.8 Å². The van der Waals surface area contributed by atoms with Gasteiger partial charge in [-0.1, -0.05) is 0 Å². The summed E-state index contributed by atoms with van der Waals surface area (Å²) in [6, 6.07) is 0. The number of nitrogens with zero attached hydrogens (tertiary/aromatic N) is 2. The predicted octanol–water partition coefficient (Wildman–Crippen LogP) is 1.06. The Bertz CT molecular complexity index is 344. The van der Waals surface area contributed by atoms with Gasteiger partial charge in [-0.05, 0) is 28.8 Å². The summed E-state index contributed by atoms with van der Waals surface area (Å²) in [5.74, 6) is -0.110. The second-order valence-electron chi connectivity index (χ2n) is 3.35. The zero-order chi connectivity index (χ0) is 9.47. The van der Waals surface area contributed by atoms with E-state index in [9.17, 15) is 4.79 Å². The first-order chi connectivity index (χ1) is 6.18. The Hall–Kier alpha value is -0.680. The van der Waals surface area contributed by atoms with E-state index in [1.165, 1.54) is 4.68 Å². The van der Waals surface area contributed by atoms with Crippen molar-refractivity contribution in [2.75, 3.05) is 6.61 Å². The van der Waals surface area contributed by atoms with E-state index >= 15 is 0 Å². The van der Waals surface area contributed by atoms with Gasteiger partial charge in [0.05, 0.1) is 22.7 Å². The first-order valence-corrected chi connectivity index (χ1v) is 4.83. The van der Waals surface area contributed by atoms with Gasteiger partial charge in [-0.25, -0.2) is 4.68 Å². The van der Waals surface area contributed by atoms with Gasteiger partial charge in [-0.2, -0.15) is 5.10 Å². The molecule has 1 aromatic heterocycles. The Morgan fingerprint density at radius 2 is 2.46 bits per heavy atom. The molecule has 0 radical (unpaired) electrons. The highest BCUT2D eigenvalue weighted by Crippen LogP contribution is 2.46. The lowest BCUT2D eigenvalue weighted by Gasteiger charge is -2.08. The van der Waals surface area contributed by atoms with E-state index in [0.717, 1.165) is 17.3 Å². The van der Waals surface area contributed by atoms with Crippen LogP contribution in [0.4, 0.5) is 0 Å². The smallest absolute Gasteiger partial charge is 0.255 e. The van der Waals surface area contributed by atoms with Crippen molar-refractivity contribution in [2.24, 2.45) is 5.41 Å². The average molecular weight is 245 g/mol. The number of aliphatic hydroxyl groups excluding tert-OH is 1. The largest absolute Gasteiger partial charge is 0.395 e. The Morgan fingerprint density at radius 3 is 2.85 bits per heavy atom. The lowest BCUT2D eigenvalue weighted by atomic mass is 10.1. The summed E-state index contributed by atoms with van der Waals surface area (Å²) in [5.41, 5.74) is -0.536. The van der Waals surface area contributed by atoms with Crippen molar-refractivity contribution in [2.45, 2.75) is 12.8 Å². The molecule has 0 bridgehead atoms. The summed E-state index contributed by atoms with van der Waals surface area (Å²) in [6.45, 7) is -0.0800. The van der Waals surface area contributed by atoms with Crippen LogP contribution in [0.5, 0.6) is 0 Å². The topological polar surface area (TPSA) is 55.1 Å². The van der Waals surface area contributed by atoms with E-state index in [4.69, 9.17) is 5.11 Å². The molecule has 4 nitrogen and oxygen atoms in total. The molecule has 0 saturated heterocycles. The zero-order valence-corrected chi connectivity index (χ0v) is 8.49. The number of aromatic nitrogens is 2. The predicted molar refractivity (Wildman–Crippen MR) is 49.3 cm³/mol. The van der Waals surface area contributed by atoms with Gasteiger partial charge in [0.25, 0.3) is 5.91 Å². The van der Waals surface area contributed by atoms with Crippen molar-refractivity contribution < 1.29 is 9.90 Å². The first-order valence-electron chi connectivity index (χ1n) is 4.04. The number of carbonyl (C=O) groups is 1. The fraction of sp³-hybridized carbons (Fsp3) is 0.500. The van der Waals surface area contributed by atoms with Crippen LogP contribution in [0.1, 0.15) is 17.6 Å². The van der Waals surface area contributed by atoms with E-state index in [2.05, 4.69) is 21.0 Å². The number of rotatable bonds is 2. The molecule has 1 N–H and O–H groups in total. The van der Waals surface area contributed by atoms with Gasteiger partial charge in [-0.3, -0.25) is 4.79 Å². The Kier molecular flexibility index (Phi) is 2.00. The van der Waals surface area contributed by atoms with Gasteiger partial charge in [0.2, 0.25) is 0 Å². The highest BCUT2D eigenvalue weighted by Gasteiger charge is 2.50. The first kappa shape index (κ1) is 8.90. The number of hydrogen-bond acceptors (Lipinski definition) is 3. The van der Waals surface area contributed by atoms with E-state index in [1.54, 1.807) is 12.4 Å². The molecule has 13 heavy (non-hydrogen) atoms. The molecule has 0 aromatic carbocycles. The Labute approximate surface area is 83.7 Å². The van der Waals surface area contributed by atoms with Gasteiger partial charge in [0, 0.05) is 6.20 Å². The molecule has 0 amide bonds. The minimum absolute atomic E-state index is 0.0800. The fourth-order valence-electron chi connectivity index (χ4n) is 1.25. The molecule has 0 aliphatic heterocycles. The second kappa shape index (κ2) is 2.92. The molecule has 5 heteroatoms. The molecular formula is C8H9BrN2O2. The molecule has 1 aliphatic rings. The lowest BCUT2D eigenvalue weighted by molar-refractivity contribution is 0.0722. The summed E-state index contributed by atoms with van der Waals surface area (Å²) < 4.78 is 2.06. The molecule has 1 fully saturated rings. The molecule has 70 valence electrons. The third-order valence-electron chi connectivity index (χ3n) is 2.37. The molecule has 0 unspecified atom stereocenters. The third kappa shape index (κ3) is 1.42. The second-order valence-corrected chi connectivity index (χ2v) is 4.26. The summed E-state index contributed by atoms with van der Waals surface area (Å²) in [6.07, 6.45) is 4.70. The van der Waals surface area contributed by atoms with E-state index in [1.807, 2.05) is 0 Å². The van der Waals surface area contributed by atoms with Crippen molar-refractivity contribution in [3.8, 4) is 0 Å². The van der Waals surface area contributed by atoms with E-state index in [-0.39, 0.29) is 12.5 Å². The molecule has 0 atom stereocenters. The summed E-state index contributed by atoms with van der Waals surface area (Å²) >= 11 is 3.21. The van der Waals surface area contributed by atoms with Crippen LogP contribution in [0, 0.1) is 5.41 Å². The SMILES string of the molecule is O=C(n1cc(Br)cn1)C1(CO)CC1. The molecular weight excluding hydrogens is 236 g/mol. The molecule has 1 aliphatic carbocycles. The normalized spacial score (nSPS) is 18.6. The third-order valence-corrected chi connectivity index (χ3v) is 2.78. The van der Waals surface area contributed by atoms with Crippen molar-refractivity contribution in [1.82, 2.24) is 9.78 Å². The number of halogens is 1.